The molecule has 0 aliphatic heterocycles. The Morgan fingerprint density at radius 3 is 2.12 bits per heavy atom. The Balaban J connectivity index is 0.000000581. The first-order valence-electron chi connectivity index (χ1n) is 6.66. The van der Waals surface area contributed by atoms with E-state index < -0.39 is 0 Å². The third kappa shape index (κ3) is 4.56. The number of pyridine rings is 1. The molecule has 1 nitrogen and oxygen atoms in total. The van der Waals surface area contributed by atoms with Crippen LogP contribution in [0.25, 0.3) is 10.9 Å². The maximum absolute atomic E-state index is 4.48. The second kappa shape index (κ2) is 8.74. The summed E-state index contributed by atoms with van der Waals surface area (Å²) in [7, 11) is 0. The Morgan fingerprint density at radius 1 is 0.941 bits per heavy atom. The van der Waals surface area contributed by atoms with Gasteiger partial charge in [0.05, 0.1) is 5.52 Å². The molecule has 0 fully saturated rings. The van der Waals surface area contributed by atoms with Crippen LogP contribution in [-0.4, -0.2) is 4.98 Å². The molecule has 0 spiro atoms. The zero-order valence-electron chi connectivity index (χ0n) is 12.0. The van der Waals surface area contributed by atoms with Gasteiger partial charge in [-0.05, 0) is 31.0 Å². The monoisotopic (exact) mass is 231 g/mol. The summed E-state index contributed by atoms with van der Waals surface area (Å²) >= 11 is 0. The molecule has 94 valence electrons. The Morgan fingerprint density at radius 2 is 1.53 bits per heavy atom. The van der Waals surface area contributed by atoms with Crippen LogP contribution in [0, 0.1) is 6.92 Å². The zero-order chi connectivity index (χ0) is 13.3. The highest BCUT2D eigenvalue weighted by molar-refractivity contribution is 5.79. The van der Waals surface area contributed by atoms with Crippen molar-refractivity contribution in [3.63, 3.8) is 0 Å². The summed E-state index contributed by atoms with van der Waals surface area (Å²) in [4.78, 5) is 4.48. The van der Waals surface area contributed by atoms with E-state index in [1.165, 1.54) is 10.9 Å². The molecule has 0 bridgehead atoms. The van der Waals surface area contributed by atoms with Crippen LogP contribution in [0.5, 0.6) is 0 Å². The molecule has 2 aromatic rings. The molecule has 1 heterocycles. The van der Waals surface area contributed by atoms with E-state index in [0.717, 1.165) is 17.6 Å². The van der Waals surface area contributed by atoms with Gasteiger partial charge in [-0.25, -0.2) is 0 Å². The van der Waals surface area contributed by atoms with Crippen LogP contribution in [0.15, 0.2) is 30.3 Å². The van der Waals surface area contributed by atoms with E-state index in [2.05, 4.69) is 36.2 Å². The van der Waals surface area contributed by atoms with Crippen molar-refractivity contribution in [2.75, 3.05) is 0 Å². The fraction of sp³-hybridized carbons (Fsp3) is 0.438. The Hall–Kier alpha value is -1.37. The van der Waals surface area contributed by atoms with Gasteiger partial charge in [0.25, 0.3) is 0 Å². The molecule has 0 saturated carbocycles. The lowest BCUT2D eigenvalue weighted by molar-refractivity contribution is 1.14. The van der Waals surface area contributed by atoms with E-state index in [1.807, 2.05) is 40.7 Å². The van der Waals surface area contributed by atoms with Crippen LogP contribution < -0.4 is 0 Å². The first kappa shape index (κ1) is 15.6. The van der Waals surface area contributed by atoms with E-state index in [1.54, 1.807) is 0 Å². The van der Waals surface area contributed by atoms with E-state index in [9.17, 15) is 0 Å². The molecule has 0 amide bonds. The number of fused-ring (bicyclic) bond motifs is 1. The van der Waals surface area contributed by atoms with E-state index in [4.69, 9.17) is 0 Å². The lowest BCUT2D eigenvalue weighted by atomic mass is 10.1. The molecule has 0 N–H and O–H groups in total. The predicted octanol–water partition coefficient (Wildman–Crippen LogP) is 5.16. The van der Waals surface area contributed by atoms with Gasteiger partial charge in [-0.2, -0.15) is 0 Å². The first-order valence-corrected chi connectivity index (χ1v) is 6.66. The molecule has 0 unspecified atom stereocenters. The van der Waals surface area contributed by atoms with E-state index in [0.29, 0.717) is 0 Å². The number of rotatable bonds is 1. The van der Waals surface area contributed by atoms with Crippen molar-refractivity contribution < 1.29 is 0 Å². The normalized spacial score (nSPS) is 8.82. The van der Waals surface area contributed by atoms with Crippen molar-refractivity contribution in [3.8, 4) is 0 Å². The van der Waals surface area contributed by atoms with Gasteiger partial charge >= 0.3 is 0 Å². The van der Waals surface area contributed by atoms with Crippen molar-refractivity contribution in [3.05, 3.63) is 41.6 Å². The van der Waals surface area contributed by atoms with Crippen LogP contribution in [0.1, 0.15) is 45.9 Å². The molecule has 1 aromatic heterocycles. The van der Waals surface area contributed by atoms with Gasteiger partial charge in [0, 0.05) is 11.1 Å². The van der Waals surface area contributed by atoms with Crippen molar-refractivity contribution in [1.29, 1.82) is 0 Å². The van der Waals surface area contributed by atoms with Gasteiger partial charge in [-0.1, -0.05) is 52.8 Å². The second-order valence-corrected chi connectivity index (χ2v) is 3.33. The summed E-state index contributed by atoms with van der Waals surface area (Å²) in [6.45, 7) is 12.2. The van der Waals surface area contributed by atoms with Gasteiger partial charge in [-0.3, -0.25) is 4.98 Å². The minimum absolute atomic E-state index is 1.07. The van der Waals surface area contributed by atoms with Crippen molar-refractivity contribution in [1.82, 2.24) is 4.98 Å². The highest BCUT2D eigenvalue weighted by Crippen LogP contribution is 2.14. The Kier molecular flexibility index (Phi) is 8.04. The number of hydrogen-bond donors (Lipinski definition) is 0. The molecular weight excluding hydrogens is 206 g/mol. The van der Waals surface area contributed by atoms with Gasteiger partial charge in [0.2, 0.25) is 0 Å². The Labute approximate surface area is 106 Å². The largest absolute Gasteiger partial charge is 0.253 e. The van der Waals surface area contributed by atoms with Crippen molar-refractivity contribution in [2.45, 2.75) is 48.0 Å². The molecule has 0 saturated heterocycles. The quantitative estimate of drug-likeness (QED) is 0.660. The third-order valence-corrected chi connectivity index (χ3v) is 2.30. The number of benzene rings is 1. The molecular formula is C16H25N. The summed E-state index contributed by atoms with van der Waals surface area (Å²) in [6, 6.07) is 10.6. The van der Waals surface area contributed by atoms with Crippen LogP contribution in [0.3, 0.4) is 0 Å². The molecule has 0 radical (unpaired) electrons. The van der Waals surface area contributed by atoms with Crippen molar-refractivity contribution >= 4 is 10.9 Å². The summed E-state index contributed by atoms with van der Waals surface area (Å²) < 4.78 is 0. The highest BCUT2D eigenvalue weighted by Gasteiger charge is 1.96. The molecule has 1 aromatic carbocycles. The predicted molar refractivity (Wildman–Crippen MR) is 78.6 cm³/mol. The van der Waals surface area contributed by atoms with Crippen LogP contribution in [0.4, 0.5) is 0 Å². The third-order valence-electron chi connectivity index (χ3n) is 2.30. The first-order chi connectivity index (χ1) is 8.29. The maximum Gasteiger partial charge on any atom is 0.0707 e. The lowest BCUT2D eigenvalue weighted by Crippen LogP contribution is -1.85. The molecule has 0 atom stereocenters. The minimum atomic E-state index is 1.07. The van der Waals surface area contributed by atoms with Gasteiger partial charge in [-0.15, -0.1) is 0 Å². The highest BCUT2D eigenvalue weighted by atomic mass is 14.7. The summed E-state index contributed by atoms with van der Waals surface area (Å²) in [5.41, 5.74) is 3.55. The molecule has 2 rings (SSSR count). The Bertz CT molecular complexity index is 432. The second-order valence-electron chi connectivity index (χ2n) is 3.33. The molecule has 0 aliphatic carbocycles. The smallest absolute Gasteiger partial charge is 0.0707 e. The standard InChI is InChI=1S/C12H13N.2C2H6/c1-3-10-5-7-11-6-4-9(2)13-12(11)8-10;2*1-2/h4-8H,3H2,1-2H3;2*1-2H3. The van der Waals surface area contributed by atoms with Gasteiger partial charge in [0.15, 0.2) is 0 Å². The van der Waals surface area contributed by atoms with Crippen LogP contribution >= 0.6 is 0 Å². The van der Waals surface area contributed by atoms with Gasteiger partial charge in [0.1, 0.15) is 0 Å². The number of nitrogens with zero attached hydrogens (tertiary/aromatic N) is 1. The van der Waals surface area contributed by atoms with Crippen LogP contribution in [-0.2, 0) is 6.42 Å². The van der Waals surface area contributed by atoms with E-state index >= 15 is 0 Å². The maximum atomic E-state index is 4.48. The summed E-state index contributed by atoms with van der Waals surface area (Å²) in [6.07, 6.45) is 1.07. The van der Waals surface area contributed by atoms with Gasteiger partial charge < -0.3 is 0 Å². The lowest BCUT2D eigenvalue weighted by Gasteiger charge is -2.01. The molecule has 17 heavy (non-hydrogen) atoms. The van der Waals surface area contributed by atoms with Crippen molar-refractivity contribution in [2.24, 2.45) is 0 Å². The van der Waals surface area contributed by atoms with E-state index in [-0.39, 0.29) is 0 Å². The number of hydrogen-bond acceptors (Lipinski definition) is 1. The summed E-state index contributed by atoms with van der Waals surface area (Å²) in [5, 5.41) is 1.22. The average molecular weight is 231 g/mol. The fourth-order valence-electron chi connectivity index (χ4n) is 1.48. The minimum Gasteiger partial charge on any atom is -0.253 e. The topological polar surface area (TPSA) is 12.9 Å². The molecule has 1 heteroatoms. The zero-order valence-corrected chi connectivity index (χ0v) is 12.0. The molecule has 0 aliphatic rings. The summed E-state index contributed by atoms with van der Waals surface area (Å²) in [5.74, 6) is 0. The number of aryl methyl sites for hydroxylation is 2. The number of aromatic nitrogens is 1. The van der Waals surface area contributed by atoms with Crippen LogP contribution in [0.2, 0.25) is 0 Å². The fourth-order valence-corrected chi connectivity index (χ4v) is 1.48. The average Bonchev–Trinajstić information content (AvgIpc) is 2.42. The SMILES string of the molecule is CC.CC.CCc1ccc2ccc(C)nc2c1.